The highest BCUT2D eigenvalue weighted by Crippen LogP contribution is 2.36. The first-order valence-corrected chi connectivity index (χ1v) is 7.36. The Morgan fingerprint density at radius 2 is 2.16 bits per heavy atom. The molecule has 2 aromatic heterocycles. The van der Waals surface area contributed by atoms with Crippen LogP contribution in [0.5, 0.6) is 0 Å². The molecule has 0 atom stereocenters. The lowest BCUT2D eigenvalue weighted by Gasteiger charge is -2.09. The summed E-state index contributed by atoms with van der Waals surface area (Å²) in [5.74, 6) is 0. The molecule has 4 heteroatoms. The number of nitrogens with zero attached hydrogens (tertiary/aromatic N) is 3. The Morgan fingerprint density at radius 3 is 3.00 bits per heavy atom. The minimum absolute atomic E-state index is 0.688. The summed E-state index contributed by atoms with van der Waals surface area (Å²) in [6, 6.07) is 9.27. The first-order chi connectivity index (χ1) is 9.31. The molecule has 3 nitrogen and oxygen atoms in total. The van der Waals surface area contributed by atoms with Gasteiger partial charge in [-0.3, -0.25) is 0 Å². The number of aromatic nitrogens is 3. The molecule has 0 saturated heterocycles. The Labute approximate surface area is 120 Å². The highest BCUT2D eigenvalue weighted by atomic mass is 79.9. The molecule has 1 saturated carbocycles. The third kappa shape index (κ3) is 2.00. The topological polar surface area (TPSA) is 22.8 Å². The zero-order valence-electron chi connectivity index (χ0n) is 10.5. The van der Waals surface area contributed by atoms with Gasteiger partial charge in [-0.25, -0.2) is 4.98 Å². The molecule has 0 unspecified atom stereocenters. The SMILES string of the molecule is Brc1ccc2c(ccn2Cc2cncn2C2CC2)c1. The average Bonchev–Trinajstić information content (AvgIpc) is 3.02. The van der Waals surface area contributed by atoms with Crippen LogP contribution in [0.3, 0.4) is 0 Å². The molecule has 0 amide bonds. The minimum Gasteiger partial charge on any atom is -0.341 e. The molecule has 0 aliphatic heterocycles. The molecule has 1 aliphatic carbocycles. The molecular weight excluding hydrogens is 302 g/mol. The van der Waals surface area contributed by atoms with Gasteiger partial charge >= 0.3 is 0 Å². The number of rotatable bonds is 3. The van der Waals surface area contributed by atoms with E-state index in [1.54, 1.807) is 0 Å². The van der Waals surface area contributed by atoms with Crippen molar-refractivity contribution in [3.05, 3.63) is 53.2 Å². The summed E-state index contributed by atoms with van der Waals surface area (Å²) in [7, 11) is 0. The number of imidazole rings is 1. The van der Waals surface area contributed by atoms with Gasteiger partial charge in [-0.1, -0.05) is 15.9 Å². The fourth-order valence-corrected chi connectivity index (χ4v) is 3.00. The Morgan fingerprint density at radius 1 is 1.26 bits per heavy atom. The number of benzene rings is 1. The highest BCUT2D eigenvalue weighted by molar-refractivity contribution is 9.10. The van der Waals surface area contributed by atoms with Gasteiger partial charge in [-0.05, 0) is 37.1 Å². The molecule has 2 heterocycles. The van der Waals surface area contributed by atoms with Gasteiger partial charge in [-0.2, -0.15) is 0 Å². The zero-order valence-corrected chi connectivity index (χ0v) is 12.0. The summed E-state index contributed by atoms with van der Waals surface area (Å²) in [6.45, 7) is 0.891. The van der Waals surface area contributed by atoms with Crippen LogP contribution in [0.25, 0.3) is 10.9 Å². The van der Waals surface area contributed by atoms with Crippen LogP contribution in [0.15, 0.2) is 47.5 Å². The lowest BCUT2D eigenvalue weighted by atomic mass is 10.2. The molecule has 96 valence electrons. The first kappa shape index (κ1) is 11.3. The quantitative estimate of drug-likeness (QED) is 0.716. The molecule has 1 aromatic carbocycles. The number of halogens is 1. The van der Waals surface area contributed by atoms with E-state index in [1.165, 1.54) is 29.4 Å². The van der Waals surface area contributed by atoms with Gasteiger partial charge in [0.2, 0.25) is 0 Å². The maximum Gasteiger partial charge on any atom is 0.0951 e. The largest absolute Gasteiger partial charge is 0.341 e. The van der Waals surface area contributed by atoms with Crippen LogP contribution in [-0.2, 0) is 6.54 Å². The normalized spacial score (nSPS) is 15.2. The molecule has 0 radical (unpaired) electrons. The maximum atomic E-state index is 4.30. The summed E-state index contributed by atoms with van der Waals surface area (Å²) < 4.78 is 5.74. The Kier molecular flexibility index (Phi) is 2.52. The molecule has 0 N–H and O–H groups in total. The smallest absolute Gasteiger partial charge is 0.0951 e. The summed E-state index contributed by atoms with van der Waals surface area (Å²) in [6.07, 6.45) is 8.70. The van der Waals surface area contributed by atoms with Crippen LogP contribution in [0, 0.1) is 0 Å². The molecule has 3 aromatic rings. The van der Waals surface area contributed by atoms with E-state index in [9.17, 15) is 0 Å². The Hall–Kier alpha value is -1.55. The summed E-state index contributed by atoms with van der Waals surface area (Å²) in [5, 5.41) is 1.27. The van der Waals surface area contributed by atoms with Crippen LogP contribution in [0.1, 0.15) is 24.6 Å². The van der Waals surface area contributed by atoms with Crippen molar-refractivity contribution < 1.29 is 0 Å². The fraction of sp³-hybridized carbons (Fsp3) is 0.267. The molecular formula is C15H14BrN3. The second-order valence-corrected chi connectivity index (χ2v) is 6.09. The number of fused-ring (bicyclic) bond motifs is 1. The van der Waals surface area contributed by atoms with Crippen molar-refractivity contribution in [3.63, 3.8) is 0 Å². The minimum atomic E-state index is 0.688. The lowest BCUT2D eigenvalue weighted by Crippen LogP contribution is -2.04. The van der Waals surface area contributed by atoms with Crippen molar-refractivity contribution >= 4 is 26.8 Å². The Balaban J connectivity index is 1.72. The van der Waals surface area contributed by atoms with Crippen molar-refractivity contribution in [1.82, 2.24) is 14.1 Å². The van der Waals surface area contributed by atoms with Crippen molar-refractivity contribution in [3.8, 4) is 0 Å². The van der Waals surface area contributed by atoms with Crippen molar-refractivity contribution in [2.75, 3.05) is 0 Å². The van der Waals surface area contributed by atoms with Crippen molar-refractivity contribution in [2.24, 2.45) is 0 Å². The van der Waals surface area contributed by atoms with Crippen LogP contribution in [-0.4, -0.2) is 14.1 Å². The van der Waals surface area contributed by atoms with E-state index in [0.717, 1.165) is 11.0 Å². The third-order valence-corrected chi connectivity index (χ3v) is 4.25. The standard InChI is InChI=1S/C15H14BrN3/c16-12-1-4-15-11(7-12)5-6-18(15)9-14-8-17-10-19(14)13-2-3-13/h1,4-8,10,13H,2-3,9H2. The van der Waals surface area contributed by atoms with Crippen LogP contribution < -0.4 is 0 Å². The van der Waals surface area contributed by atoms with E-state index in [-0.39, 0.29) is 0 Å². The summed E-state index contributed by atoms with van der Waals surface area (Å²) >= 11 is 3.52. The van der Waals surface area contributed by atoms with Crippen LogP contribution >= 0.6 is 15.9 Å². The van der Waals surface area contributed by atoms with Crippen LogP contribution in [0.2, 0.25) is 0 Å². The zero-order chi connectivity index (χ0) is 12.8. The molecule has 0 bridgehead atoms. The number of hydrogen-bond acceptors (Lipinski definition) is 1. The van der Waals surface area contributed by atoms with Gasteiger partial charge in [0.25, 0.3) is 0 Å². The summed E-state index contributed by atoms with van der Waals surface area (Å²) in [5.41, 5.74) is 2.56. The maximum absolute atomic E-state index is 4.30. The Bertz CT molecular complexity index is 737. The monoisotopic (exact) mass is 315 g/mol. The molecule has 19 heavy (non-hydrogen) atoms. The van der Waals surface area contributed by atoms with E-state index in [2.05, 4.69) is 60.5 Å². The van der Waals surface area contributed by atoms with Crippen molar-refractivity contribution in [1.29, 1.82) is 0 Å². The van der Waals surface area contributed by atoms with E-state index in [4.69, 9.17) is 0 Å². The van der Waals surface area contributed by atoms with Gasteiger partial charge < -0.3 is 9.13 Å². The van der Waals surface area contributed by atoms with Gasteiger partial charge in [-0.15, -0.1) is 0 Å². The molecule has 1 aliphatic rings. The first-order valence-electron chi connectivity index (χ1n) is 6.56. The summed E-state index contributed by atoms with van der Waals surface area (Å²) in [4.78, 5) is 4.30. The van der Waals surface area contributed by atoms with Crippen LogP contribution in [0.4, 0.5) is 0 Å². The lowest BCUT2D eigenvalue weighted by molar-refractivity contribution is 0.665. The predicted octanol–water partition coefficient (Wildman–Crippen LogP) is 3.98. The van der Waals surface area contributed by atoms with E-state index in [1.807, 2.05) is 12.5 Å². The van der Waals surface area contributed by atoms with Gasteiger partial charge in [0, 0.05) is 33.8 Å². The molecule has 4 rings (SSSR count). The highest BCUT2D eigenvalue weighted by Gasteiger charge is 2.25. The van der Waals surface area contributed by atoms with Gasteiger partial charge in [0.05, 0.1) is 18.6 Å². The average molecular weight is 316 g/mol. The van der Waals surface area contributed by atoms with Gasteiger partial charge in [0.15, 0.2) is 0 Å². The second kappa shape index (κ2) is 4.23. The number of hydrogen-bond donors (Lipinski definition) is 0. The fourth-order valence-electron chi connectivity index (χ4n) is 2.62. The molecule has 0 spiro atoms. The van der Waals surface area contributed by atoms with E-state index in [0.29, 0.717) is 6.04 Å². The predicted molar refractivity (Wildman–Crippen MR) is 79.2 cm³/mol. The second-order valence-electron chi connectivity index (χ2n) is 5.17. The molecule has 1 fully saturated rings. The van der Waals surface area contributed by atoms with E-state index < -0.39 is 0 Å². The van der Waals surface area contributed by atoms with E-state index >= 15 is 0 Å². The third-order valence-electron chi connectivity index (χ3n) is 3.75. The van der Waals surface area contributed by atoms with Gasteiger partial charge in [0.1, 0.15) is 0 Å². The van der Waals surface area contributed by atoms with Crippen molar-refractivity contribution in [2.45, 2.75) is 25.4 Å².